The molecule has 0 aromatic heterocycles. The van der Waals surface area contributed by atoms with E-state index in [1.165, 1.54) is 315 Å². The molecule has 0 saturated carbocycles. The molecule has 7 unspecified atom stereocenters. The molecular formula is C70H137NO8. The van der Waals surface area contributed by atoms with Crippen LogP contribution in [0.4, 0.5) is 0 Å². The minimum Gasteiger partial charge on any atom is -0.394 e. The number of aliphatic hydroxyl groups excluding tert-OH is 5. The maximum Gasteiger partial charge on any atom is 0.220 e. The van der Waals surface area contributed by atoms with Gasteiger partial charge in [-0.25, -0.2) is 0 Å². The fraction of sp³-hybridized carbons (Fsp3) is 0.957. The Hall–Kier alpha value is -1.07. The van der Waals surface area contributed by atoms with Gasteiger partial charge in [-0.15, -0.1) is 0 Å². The summed E-state index contributed by atoms with van der Waals surface area (Å²) in [7, 11) is 0. The molecule has 0 aliphatic carbocycles. The molecule has 9 nitrogen and oxygen atoms in total. The van der Waals surface area contributed by atoms with Gasteiger partial charge in [-0.05, 0) is 19.3 Å². The van der Waals surface area contributed by atoms with Crippen LogP contribution in [0.3, 0.4) is 0 Å². The normalized spacial score (nSPS) is 18.5. The first-order chi connectivity index (χ1) is 38.8. The number of hydrogen-bond donors (Lipinski definition) is 6. The molecule has 0 aromatic rings. The van der Waals surface area contributed by atoms with Crippen molar-refractivity contribution in [1.29, 1.82) is 0 Å². The van der Waals surface area contributed by atoms with Crippen LogP contribution in [-0.2, 0) is 14.3 Å². The van der Waals surface area contributed by atoms with Gasteiger partial charge in [0.25, 0.3) is 0 Å². The topological polar surface area (TPSA) is 149 Å². The van der Waals surface area contributed by atoms with E-state index in [1.807, 2.05) is 6.08 Å². The van der Waals surface area contributed by atoms with Gasteiger partial charge in [0.15, 0.2) is 6.29 Å². The lowest BCUT2D eigenvalue weighted by atomic mass is 9.99. The second-order valence-electron chi connectivity index (χ2n) is 25.0. The lowest BCUT2D eigenvalue weighted by molar-refractivity contribution is -0.302. The number of ether oxygens (including phenoxy) is 2. The Balaban J connectivity index is 2.11. The van der Waals surface area contributed by atoms with E-state index in [2.05, 4.69) is 19.2 Å². The maximum absolute atomic E-state index is 13.1. The Bertz CT molecular complexity index is 1250. The zero-order chi connectivity index (χ0) is 57.2. The fourth-order valence-corrected chi connectivity index (χ4v) is 11.8. The second kappa shape index (κ2) is 60.1. The highest BCUT2D eigenvalue weighted by molar-refractivity contribution is 5.76. The number of allylic oxidation sites excluding steroid dienone is 1. The Labute approximate surface area is 490 Å². The number of hydrogen-bond acceptors (Lipinski definition) is 8. The van der Waals surface area contributed by atoms with E-state index in [0.29, 0.717) is 6.42 Å². The number of carbonyl (C=O) groups is 1. The number of unbranched alkanes of at least 4 members (excludes halogenated alkanes) is 53. The standard InChI is InChI=1S/C70H137NO8/c1-3-5-7-9-11-13-15-17-19-21-23-25-27-29-30-31-32-33-34-36-38-40-42-44-46-48-50-52-54-56-58-60-66(74)71-63(62-78-70-69(77)68(76)67(75)65(61-72)79-70)64(73)59-57-55-53-51-49-47-45-43-41-39-37-35-28-26-24-22-20-18-16-14-12-10-8-6-4-2/h57,59,63-65,67-70,72-73,75-77H,3-56,58,60-62H2,1-2H3,(H,71,74)/b59-57+. The van der Waals surface area contributed by atoms with Crippen LogP contribution in [0.25, 0.3) is 0 Å². The third-order valence-corrected chi connectivity index (χ3v) is 17.4. The van der Waals surface area contributed by atoms with Crippen molar-refractivity contribution in [3.05, 3.63) is 12.2 Å². The molecule has 6 N–H and O–H groups in total. The second-order valence-corrected chi connectivity index (χ2v) is 25.0. The zero-order valence-electron chi connectivity index (χ0n) is 52.7. The van der Waals surface area contributed by atoms with Crippen LogP contribution >= 0.6 is 0 Å². The van der Waals surface area contributed by atoms with E-state index in [9.17, 15) is 30.3 Å². The molecule has 1 fully saturated rings. The van der Waals surface area contributed by atoms with Crippen molar-refractivity contribution in [1.82, 2.24) is 5.32 Å². The molecule has 1 saturated heterocycles. The summed E-state index contributed by atoms with van der Waals surface area (Å²) in [4.78, 5) is 13.1. The highest BCUT2D eigenvalue weighted by Gasteiger charge is 2.44. The number of nitrogens with one attached hydrogen (secondary N) is 1. The van der Waals surface area contributed by atoms with Gasteiger partial charge in [-0.2, -0.15) is 0 Å². The van der Waals surface area contributed by atoms with E-state index in [-0.39, 0.29) is 12.5 Å². The van der Waals surface area contributed by atoms with E-state index in [1.54, 1.807) is 6.08 Å². The third kappa shape index (κ3) is 49.0. The van der Waals surface area contributed by atoms with Crippen molar-refractivity contribution in [3.8, 4) is 0 Å². The smallest absolute Gasteiger partial charge is 0.220 e. The Morgan fingerprint density at radius 1 is 0.418 bits per heavy atom. The van der Waals surface area contributed by atoms with Crippen molar-refractivity contribution >= 4 is 5.91 Å². The van der Waals surface area contributed by atoms with Gasteiger partial charge < -0.3 is 40.3 Å². The average Bonchev–Trinajstić information content (AvgIpc) is 3.47. The van der Waals surface area contributed by atoms with Crippen LogP contribution in [0, 0.1) is 0 Å². The van der Waals surface area contributed by atoms with Crippen molar-refractivity contribution in [2.45, 2.75) is 416 Å². The molecule has 470 valence electrons. The number of rotatable bonds is 63. The van der Waals surface area contributed by atoms with Crippen molar-refractivity contribution in [2.24, 2.45) is 0 Å². The van der Waals surface area contributed by atoms with Crippen molar-refractivity contribution in [3.63, 3.8) is 0 Å². The monoisotopic (exact) mass is 1120 g/mol. The first kappa shape index (κ1) is 75.9. The molecule has 1 aliphatic rings. The lowest BCUT2D eigenvalue weighted by Crippen LogP contribution is -2.60. The van der Waals surface area contributed by atoms with Crippen LogP contribution in [0.15, 0.2) is 12.2 Å². The van der Waals surface area contributed by atoms with Gasteiger partial charge in [-0.3, -0.25) is 4.79 Å². The number of aliphatic hydroxyl groups is 5. The van der Waals surface area contributed by atoms with Crippen molar-refractivity contribution < 1.29 is 39.8 Å². The highest BCUT2D eigenvalue weighted by Crippen LogP contribution is 2.24. The molecule has 79 heavy (non-hydrogen) atoms. The Kier molecular flexibility index (Phi) is 57.7. The van der Waals surface area contributed by atoms with Gasteiger partial charge >= 0.3 is 0 Å². The molecule has 9 heteroatoms. The summed E-state index contributed by atoms with van der Waals surface area (Å²) in [6, 6.07) is -0.802. The molecule has 0 radical (unpaired) electrons. The quantitative estimate of drug-likeness (QED) is 0.0261. The molecule has 7 atom stereocenters. The molecule has 0 spiro atoms. The van der Waals surface area contributed by atoms with Crippen LogP contribution < -0.4 is 5.32 Å². The predicted molar refractivity (Wildman–Crippen MR) is 337 cm³/mol. The van der Waals surface area contributed by atoms with E-state index >= 15 is 0 Å². The highest BCUT2D eigenvalue weighted by atomic mass is 16.7. The van der Waals surface area contributed by atoms with Gasteiger partial charge in [0.2, 0.25) is 5.91 Å². The molecule has 0 aromatic carbocycles. The number of carbonyl (C=O) groups excluding carboxylic acids is 1. The summed E-state index contributed by atoms with van der Waals surface area (Å²) in [6.45, 7) is 3.85. The molecule has 1 heterocycles. The zero-order valence-corrected chi connectivity index (χ0v) is 52.7. The minimum atomic E-state index is -1.56. The minimum absolute atomic E-state index is 0.167. The van der Waals surface area contributed by atoms with Crippen molar-refractivity contribution in [2.75, 3.05) is 13.2 Å². The first-order valence-electron chi connectivity index (χ1n) is 35.4. The fourth-order valence-electron chi connectivity index (χ4n) is 11.8. The predicted octanol–water partition coefficient (Wildman–Crippen LogP) is 19.1. The third-order valence-electron chi connectivity index (χ3n) is 17.4. The molecule has 0 bridgehead atoms. The molecule has 1 aliphatic heterocycles. The van der Waals surface area contributed by atoms with Crippen LogP contribution in [0.2, 0.25) is 0 Å². The SMILES string of the molecule is CCCCCCCCCCCCCCCCCCCCCCCCC/C=C/C(O)C(COC1OC(CO)C(O)C(O)C1O)NC(=O)CCCCCCCCCCCCCCCCCCCCCCCCCCCCCCCCC. The lowest BCUT2D eigenvalue weighted by Gasteiger charge is -2.40. The summed E-state index contributed by atoms with van der Waals surface area (Å²) < 4.78 is 11.3. The average molecular weight is 1120 g/mol. The summed E-state index contributed by atoms with van der Waals surface area (Å²) >= 11 is 0. The number of amides is 1. The maximum atomic E-state index is 13.1. The first-order valence-corrected chi connectivity index (χ1v) is 35.4. The summed E-state index contributed by atoms with van der Waals surface area (Å²) in [5.74, 6) is -0.167. The summed E-state index contributed by atoms with van der Waals surface area (Å²) in [5, 5.41) is 54.8. The Morgan fingerprint density at radius 3 is 0.987 bits per heavy atom. The molecular weight excluding hydrogens is 983 g/mol. The van der Waals surface area contributed by atoms with E-state index < -0.39 is 49.5 Å². The van der Waals surface area contributed by atoms with E-state index in [0.717, 1.165) is 38.5 Å². The van der Waals surface area contributed by atoms with Gasteiger partial charge in [0.05, 0.1) is 25.4 Å². The van der Waals surface area contributed by atoms with Crippen LogP contribution in [0.5, 0.6) is 0 Å². The molecule has 1 rings (SSSR count). The largest absolute Gasteiger partial charge is 0.394 e. The molecule has 1 amide bonds. The summed E-state index contributed by atoms with van der Waals surface area (Å²) in [5.41, 5.74) is 0. The van der Waals surface area contributed by atoms with Gasteiger partial charge in [-0.1, -0.05) is 360 Å². The van der Waals surface area contributed by atoms with E-state index in [4.69, 9.17) is 9.47 Å². The van der Waals surface area contributed by atoms with Gasteiger partial charge in [0, 0.05) is 6.42 Å². The Morgan fingerprint density at radius 2 is 0.696 bits per heavy atom. The van der Waals surface area contributed by atoms with Crippen LogP contribution in [0.1, 0.15) is 373 Å². The van der Waals surface area contributed by atoms with Crippen LogP contribution in [-0.4, -0.2) is 87.5 Å². The van der Waals surface area contributed by atoms with Gasteiger partial charge in [0.1, 0.15) is 24.4 Å². The summed E-state index contributed by atoms with van der Waals surface area (Å²) in [6.07, 6.45) is 70.4.